The topological polar surface area (TPSA) is 135 Å². The van der Waals surface area contributed by atoms with Crippen LogP contribution >= 0.6 is 0 Å². The van der Waals surface area contributed by atoms with Crippen LogP contribution in [0.3, 0.4) is 0 Å². The van der Waals surface area contributed by atoms with Crippen molar-refractivity contribution in [1.29, 1.82) is 0 Å². The highest BCUT2D eigenvalue weighted by molar-refractivity contribution is 7.86. The van der Waals surface area contributed by atoms with Gasteiger partial charge >= 0.3 is 5.97 Å². The maximum Gasteiger partial charge on any atom is 0.333 e. The smallest absolute Gasteiger partial charge is 0.333 e. The summed E-state index contributed by atoms with van der Waals surface area (Å²) in [6, 6.07) is 5.78. The fourth-order valence-electron chi connectivity index (χ4n) is 1.14. The summed E-state index contributed by atoms with van der Waals surface area (Å²) in [6.45, 7) is 7.88. The fraction of sp³-hybridized carbons (Fsp3) is 0.214. The largest absolute Gasteiger partial charge is 0.461 e. The van der Waals surface area contributed by atoms with Gasteiger partial charge in [0.1, 0.15) is 12.4 Å². The van der Waals surface area contributed by atoms with Crippen LogP contribution in [0.5, 0.6) is 0 Å². The predicted molar refractivity (Wildman–Crippen MR) is 88.5 cm³/mol. The van der Waals surface area contributed by atoms with Crippen molar-refractivity contribution in [2.24, 2.45) is 0 Å². The molecule has 0 saturated carbocycles. The van der Waals surface area contributed by atoms with E-state index in [1.807, 2.05) is 0 Å². The van der Waals surface area contributed by atoms with E-state index >= 15 is 0 Å². The van der Waals surface area contributed by atoms with E-state index < -0.39 is 32.0 Å². The molecule has 0 amide bonds. The monoisotopic (exact) mass is 378 g/mol. The van der Waals surface area contributed by atoms with Gasteiger partial charge in [0.05, 0.1) is 4.90 Å². The first-order valence-corrected chi connectivity index (χ1v) is 9.39. The number of hydrogen-bond donors (Lipinski definition) is 2. The van der Waals surface area contributed by atoms with Crippen molar-refractivity contribution in [2.45, 2.75) is 11.8 Å². The molecule has 1 aromatic rings. The zero-order valence-corrected chi connectivity index (χ0v) is 14.5. The van der Waals surface area contributed by atoms with Gasteiger partial charge in [-0.1, -0.05) is 31.4 Å². The molecule has 10 heteroatoms. The molecule has 1 aromatic carbocycles. The van der Waals surface area contributed by atoms with Crippen molar-refractivity contribution >= 4 is 32.3 Å². The molecule has 0 fully saturated rings. The average Bonchev–Trinajstić information content (AvgIpc) is 2.45. The van der Waals surface area contributed by atoms with Gasteiger partial charge in [-0.05, 0) is 24.6 Å². The highest BCUT2D eigenvalue weighted by Gasteiger charge is 2.08. The molecule has 0 radical (unpaired) electrons. The second-order valence-electron chi connectivity index (χ2n) is 4.45. The predicted octanol–water partition coefficient (Wildman–Crippen LogP) is 1.57. The van der Waals surface area contributed by atoms with E-state index in [9.17, 15) is 21.6 Å². The highest BCUT2D eigenvalue weighted by atomic mass is 32.2. The molecule has 2 N–H and O–H groups in total. The lowest BCUT2D eigenvalue weighted by Crippen LogP contribution is -2.14. The summed E-state index contributed by atoms with van der Waals surface area (Å²) in [4.78, 5) is 10.5. The number of carbonyl (C=O) groups excluding carboxylic acids is 1. The molecule has 0 aliphatic rings. The molecule has 134 valence electrons. The minimum atomic E-state index is -4.06. The highest BCUT2D eigenvalue weighted by Crippen LogP contribution is 2.10. The van der Waals surface area contributed by atoms with Crippen LogP contribution in [0.15, 0.2) is 47.9 Å². The Morgan fingerprint density at radius 2 is 1.67 bits per heavy atom. The first-order valence-electron chi connectivity index (χ1n) is 6.34. The van der Waals surface area contributed by atoms with Crippen LogP contribution in [-0.2, 0) is 29.8 Å². The van der Waals surface area contributed by atoms with Crippen molar-refractivity contribution in [3.63, 3.8) is 0 Å². The SMILES string of the molecule is C=C(C)C(=O)OCCS(=O)(=O)O.C=Cc1ccc(S(=O)(=O)O)cc1. The molecular formula is C14H18O8S2. The third kappa shape index (κ3) is 9.90. The zero-order chi connectivity index (χ0) is 19.0. The van der Waals surface area contributed by atoms with Crippen molar-refractivity contribution in [2.75, 3.05) is 12.4 Å². The fourth-order valence-corrected chi connectivity index (χ4v) is 1.91. The first-order chi connectivity index (χ1) is 10.9. The van der Waals surface area contributed by atoms with E-state index in [-0.39, 0.29) is 17.1 Å². The van der Waals surface area contributed by atoms with Gasteiger partial charge in [0.2, 0.25) is 0 Å². The van der Waals surface area contributed by atoms with Gasteiger partial charge in [-0.15, -0.1) is 0 Å². The van der Waals surface area contributed by atoms with E-state index in [0.717, 1.165) is 5.56 Å². The van der Waals surface area contributed by atoms with Crippen LogP contribution in [0.2, 0.25) is 0 Å². The van der Waals surface area contributed by atoms with Gasteiger partial charge in [-0.3, -0.25) is 9.11 Å². The number of rotatable bonds is 6. The number of ether oxygens (including phenoxy) is 1. The minimum absolute atomic E-state index is 0.104. The molecule has 0 saturated heterocycles. The number of hydrogen-bond acceptors (Lipinski definition) is 6. The van der Waals surface area contributed by atoms with Crippen LogP contribution in [0.4, 0.5) is 0 Å². The normalized spacial score (nSPS) is 11.0. The Labute approximate surface area is 141 Å². The summed E-state index contributed by atoms with van der Waals surface area (Å²) in [7, 11) is -8.11. The second kappa shape index (κ2) is 9.33. The summed E-state index contributed by atoms with van der Waals surface area (Å²) < 4.78 is 62.6. The average molecular weight is 378 g/mol. The van der Waals surface area contributed by atoms with Crippen LogP contribution in [0.1, 0.15) is 12.5 Å². The van der Waals surface area contributed by atoms with E-state index in [1.54, 1.807) is 18.2 Å². The third-order valence-electron chi connectivity index (χ3n) is 2.34. The number of benzene rings is 1. The molecular weight excluding hydrogens is 360 g/mol. The summed E-state index contributed by atoms with van der Waals surface area (Å²) in [5.41, 5.74) is 0.993. The Hall–Kier alpha value is -2.01. The molecule has 1 rings (SSSR count). The summed E-state index contributed by atoms with van der Waals surface area (Å²) in [5.74, 6) is -1.26. The Balaban J connectivity index is 0.000000441. The minimum Gasteiger partial charge on any atom is -0.461 e. The third-order valence-corrected chi connectivity index (χ3v) is 3.89. The Bertz CT molecular complexity index is 790. The molecule has 0 aliphatic carbocycles. The van der Waals surface area contributed by atoms with E-state index in [1.165, 1.54) is 19.1 Å². The van der Waals surface area contributed by atoms with Gasteiger partial charge < -0.3 is 4.74 Å². The standard InChI is InChI=1S/C8H8O3S.C6H10O5S/c1-2-7-3-5-8(6-4-7)12(9,10)11;1-5(2)6(7)11-3-4-12(8,9)10/h2-6H,1H2,(H,9,10,11);1,3-4H2,2H3,(H,8,9,10). The lowest BCUT2D eigenvalue weighted by molar-refractivity contribution is -0.138. The molecule has 0 aromatic heterocycles. The summed E-state index contributed by atoms with van der Waals surface area (Å²) in [5, 5.41) is 0. The molecule has 0 bridgehead atoms. The molecule has 0 atom stereocenters. The first kappa shape index (κ1) is 22.0. The van der Waals surface area contributed by atoms with Gasteiger partial charge in [-0.2, -0.15) is 16.8 Å². The Morgan fingerprint density at radius 1 is 1.17 bits per heavy atom. The lowest BCUT2D eigenvalue weighted by Gasteiger charge is -2.01. The van der Waals surface area contributed by atoms with Gasteiger partial charge in [-0.25, -0.2) is 4.79 Å². The lowest BCUT2D eigenvalue weighted by atomic mass is 10.2. The molecule has 8 nitrogen and oxygen atoms in total. The van der Waals surface area contributed by atoms with E-state index in [4.69, 9.17) is 9.11 Å². The van der Waals surface area contributed by atoms with Crippen LogP contribution in [0.25, 0.3) is 6.08 Å². The number of esters is 1. The van der Waals surface area contributed by atoms with Crippen molar-refractivity contribution in [3.05, 3.63) is 48.6 Å². The molecule has 0 unspecified atom stereocenters. The van der Waals surface area contributed by atoms with E-state index in [0.29, 0.717) is 0 Å². The molecule has 0 heterocycles. The zero-order valence-electron chi connectivity index (χ0n) is 12.9. The van der Waals surface area contributed by atoms with Crippen LogP contribution in [0, 0.1) is 0 Å². The maximum atomic E-state index is 10.6. The van der Waals surface area contributed by atoms with Gasteiger partial charge in [0, 0.05) is 5.57 Å². The Morgan fingerprint density at radius 3 is 2.00 bits per heavy atom. The van der Waals surface area contributed by atoms with Crippen molar-refractivity contribution in [3.8, 4) is 0 Å². The van der Waals surface area contributed by atoms with Crippen molar-refractivity contribution < 1.29 is 35.5 Å². The van der Waals surface area contributed by atoms with Crippen LogP contribution < -0.4 is 0 Å². The molecule has 24 heavy (non-hydrogen) atoms. The molecule has 0 aliphatic heterocycles. The second-order valence-corrected chi connectivity index (χ2v) is 7.44. The van der Waals surface area contributed by atoms with Crippen LogP contribution in [-0.4, -0.2) is 44.3 Å². The quantitative estimate of drug-likeness (QED) is 0.432. The Kier molecular flexibility index (Phi) is 8.54. The maximum absolute atomic E-state index is 10.6. The van der Waals surface area contributed by atoms with Crippen molar-refractivity contribution in [1.82, 2.24) is 0 Å². The molecule has 0 spiro atoms. The number of carbonyl (C=O) groups is 1. The van der Waals surface area contributed by atoms with E-state index in [2.05, 4.69) is 17.9 Å². The summed E-state index contributed by atoms with van der Waals surface area (Å²) in [6.07, 6.45) is 1.59. The van der Waals surface area contributed by atoms with Gasteiger partial charge in [0.25, 0.3) is 20.2 Å². The summed E-state index contributed by atoms with van der Waals surface area (Å²) >= 11 is 0. The van der Waals surface area contributed by atoms with Gasteiger partial charge in [0.15, 0.2) is 0 Å².